The van der Waals surface area contributed by atoms with E-state index >= 15 is 0 Å². The first-order valence-electron chi connectivity index (χ1n) is 15.9. The highest BCUT2D eigenvalue weighted by Crippen LogP contribution is 2.27. The van der Waals surface area contributed by atoms with Crippen molar-refractivity contribution in [3.05, 3.63) is 47.8 Å². The lowest BCUT2D eigenvalue weighted by Gasteiger charge is -2.11. The van der Waals surface area contributed by atoms with E-state index in [1.54, 1.807) is 0 Å². The number of rotatable bonds is 20. The highest BCUT2D eigenvalue weighted by molar-refractivity contribution is 6.07. The van der Waals surface area contributed by atoms with Crippen molar-refractivity contribution in [2.75, 3.05) is 6.54 Å². The fraction of sp³-hybridized carbons (Fsp3) is 0.618. The van der Waals surface area contributed by atoms with Gasteiger partial charge in [-0.15, -0.1) is 0 Å². The predicted molar refractivity (Wildman–Crippen MR) is 165 cm³/mol. The Morgan fingerprint density at radius 3 is 1.92 bits per heavy atom. The van der Waals surface area contributed by atoms with Crippen LogP contribution >= 0.6 is 0 Å². The second-order valence-corrected chi connectivity index (χ2v) is 11.1. The molecule has 0 aliphatic rings. The van der Waals surface area contributed by atoms with E-state index in [0.717, 1.165) is 47.4 Å². The van der Waals surface area contributed by atoms with Crippen LogP contribution in [0.5, 0.6) is 0 Å². The van der Waals surface area contributed by atoms with Gasteiger partial charge in [0.1, 0.15) is 0 Å². The maximum Gasteiger partial charge on any atom is 0.252 e. The Hall–Kier alpha value is -2.69. The van der Waals surface area contributed by atoms with Gasteiger partial charge in [-0.3, -0.25) is 9.48 Å². The number of nitrogens with zero attached hydrogens (tertiary/aromatic N) is 3. The van der Waals surface area contributed by atoms with Crippen molar-refractivity contribution in [1.82, 2.24) is 20.1 Å². The summed E-state index contributed by atoms with van der Waals surface area (Å²) in [7, 11) is 0. The Kier molecular flexibility index (Phi) is 14.1. The van der Waals surface area contributed by atoms with Crippen LogP contribution in [0.3, 0.4) is 0 Å². The number of hydrogen-bond acceptors (Lipinski definition) is 3. The maximum atomic E-state index is 13.2. The first-order valence-corrected chi connectivity index (χ1v) is 15.9. The van der Waals surface area contributed by atoms with E-state index in [0.29, 0.717) is 5.56 Å². The molecule has 1 N–H and O–H groups in total. The Labute approximate surface area is 237 Å². The fourth-order valence-electron chi connectivity index (χ4n) is 5.49. The molecule has 0 aliphatic heterocycles. The molecule has 3 aromatic rings. The van der Waals surface area contributed by atoms with Crippen LogP contribution in [0.1, 0.15) is 133 Å². The molecule has 2 aromatic heterocycles. The van der Waals surface area contributed by atoms with Crippen molar-refractivity contribution >= 4 is 16.8 Å². The van der Waals surface area contributed by atoms with Gasteiger partial charge in [0.05, 0.1) is 23.0 Å². The molecule has 0 fully saturated rings. The number of nitrogens with one attached hydrogen (secondary N) is 1. The van der Waals surface area contributed by atoms with E-state index in [1.165, 1.54) is 96.3 Å². The van der Waals surface area contributed by atoms with E-state index in [9.17, 15) is 4.79 Å². The van der Waals surface area contributed by atoms with Crippen molar-refractivity contribution in [3.8, 4) is 11.3 Å². The number of carbonyl (C=O) groups excluding carboxylic acids is 1. The number of pyridine rings is 1. The summed E-state index contributed by atoms with van der Waals surface area (Å²) in [6.07, 6.45) is 23.5. The van der Waals surface area contributed by atoms with Gasteiger partial charge in [0.2, 0.25) is 0 Å². The first-order chi connectivity index (χ1) is 19.2. The molecule has 5 nitrogen and oxygen atoms in total. The summed E-state index contributed by atoms with van der Waals surface area (Å²) >= 11 is 0. The quantitative estimate of drug-likeness (QED) is 0.147. The molecule has 0 bridgehead atoms. The van der Waals surface area contributed by atoms with Crippen LogP contribution in [0.25, 0.3) is 22.2 Å². The van der Waals surface area contributed by atoms with Crippen LogP contribution < -0.4 is 5.32 Å². The lowest BCUT2D eigenvalue weighted by Crippen LogP contribution is -2.24. The summed E-state index contributed by atoms with van der Waals surface area (Å²) in [6.45, 7) is 7.95. The Bertz CT molecular complexity index is 1120. The second-order valence-electron chi connectivity index (χ2n) is 11.1. The van der Waals surface area contributed by atoms with Crippen LogP contribution in [-0.2, 0) is 6.54 Å². The highest BCUT2D eigenvalue weighted by Gasteiger charge is 2.16. The van der Waals surface area contributed by atoms with Crippen molar-refractivity contribution in [2.45, 2.75) is 130 Å². The van der Waals surface area contributed by atoms with E-state index in [2.05, 4.69) is 31.2 Å². The zero-order valence-corrected chi connectivity index (χ0v) is 24.9. The molecule has 1 amide bonds. The van der Waals surface area contributed by atoms with Gasteiger partial charge in [-0.05, 0) is 32.4 Å². The third-order valence-electron chi connectivity index (χ3n) is 7.96. The normalized spacial score (nSPS) is 11.4. The predicted octanol–water partition coefficient (Wildman–Crippen LogP) is 9.42. The zero-order chi connectivity index (χ0) is 27.7. The van der Waals surface area contributed by atoms with Crippen LogP contribution in [0.2, 0.25) is 0 Å². The lowest BCUT2D eigenvalue weighted by atomic mass is 10.0. The van der Waals surface area contributed by atoms with Crippen LogP contribution in [0, 0.1) is 6.92 Å². The lowest BCUT2D eigenvalue weighted by molar-refractivity contribution is 0.0954. The van der Waals surface area contributed by atoms with Crippen molar-refractivity contribution < 1.29 is 4.79 Å². The molecular formula is C34H52N4O. The topological polar surface area (TPSA) is 59.8 Å². The van der Waals surface area contributed by atoms with Gasteiger partial charge in [-0.1, -0.05) is 121 Å². The first kappa shape index (κ1) is 30.8. The Morgan fingerprint density at radius 1 is 0.795 bits per heavy atom. The Balaban J connectivity index is 1.32. The summed E-state index contributed by atoms with van der Waals surface area (Å²) in [5, 5.41) is 8.53. The molecule has 0 atom stereocenters. The fourth-order valence-corrected chi connectivity index (χ4v) is 5.49. The largest absolute Gasteiger partial charge is 0.352 e. The number of hydrogen-bond donors (Lipinski definition) is 1. The molecule has 0 aliphatic carbocycles. The molecule has 0 unspecified atom stereocenters. The van der Waals surface area contributed by atoms with E-state index in [1.807, 2.05) is 41.2 Å². The van der Waals surface area contributed by atoms with Gasteiger partial charge in [0, 0.05) is 29.7 Å². The van der Waals surface area contributed by atoms with Crippen LogP contribution in [-0.4, -0.2) is 27.2 Å². The van der Waals surface area contributed by atoms with E-state index in [-0.39, 0.29) is 5.91 Å². The number of para-hydroxylation sites is 1. The van der Waals surface area contributed by atoms with Gasteiger partial charge < -0.3 is 5.32 Å². The average molecular weight is 533 g/mol. The smallest absolute Gasteiger partial charge is 0.252 e. The van der Waals surface area contributed by atoms with E-state index in [4.69, 9.17) is 4.98 Å². The van der Waals surface area contributed by atoms with Gasteiger partial charge in [0.25, 0.3) is 5.91 Å². The highest BCUT2D eigenvalue weighted by atomic mass is 16.1. The zero-order valence-electron chi connectivity index (χ0n) is 24.9. The summed E-state index contributed by atoms with van der Waals surface area (Å²) < 4.78 is 1.96. The molecule has 0 spiro atoms. The third-order valence-corrected chi connectivity index (χ3v) is 7.96. The molecule has 2 heterocycles. The number of aromatic nitrogens is 3. The van der Waals surface area contributed by atoms with E-state index < -0.39 is 0 Å². The molecule has 0 saturated carbocycles. The molecule has 214 valence electrons. The third kappa shape index (κ3) is 10.1. The van der Waals surface area contributed by atoms with Crippen molar-refractivity contribution in [1.29, 1.82) is 0 Å². The summed E-state index contributed by atoms with van der Waals surface area (Å²) in [6, 6.07) is 9.83. The van der Waals surface area contributed by atoms with Crippen molar-refractivity contribution in [2.24, 2.45) is 0 Å². The molecule has 39 heavy (non-hydrogen) atoms. The molecule has 0 saturated heterocycles. The summed E-state index contributed by atoms with van der Waals surface area (Å²) in [5.41, 5.74) is 4.38. The number of fused-ring (bicyclic) bond motifs is 1. The van der Waals surface area contributed by atoms with Crippen LogP contribution in [0.4, 0.5) is 0 Å². The van der Waals surface area contributed by atoms with Gasteiger partial charge in [0.15, 0.2) is 0 Å². The van der Waals surface area contributed by atoms with Gasteiger partial charge in [-0.2, -0.15) is 5.10 Å². The number of unbranched alkanes of at least 4 members (excludes halogenated alkanes) is 15. The number of amides is 1. The minimum Gasteiger partial charge on any atom is -0.352 e. The van der Waals surface area contributed by atoms with Crippen molar-refractivity contribution in [3.63, 3.8) is 0 Å². The standard InChI is InChI=1S/C34H52N4O/c1-4-6-7-8-9-10-11-12-13-14-15-16-17-18-19-22-25-35-34(39)30-26-33(31-27-36-38(5-2)28(31)3)37-32-24-21-20-23-29(30)32/h20-21,23-24,26-27H,4-19,22,25H2,1-3H3,(H,35,39). The molecule has 1 aromatic carbocycles. The number of benzene rings is 1. The van der Waals surface area contributed by atoms with Crippen LogP contribution in [0.15, 0.2) is 36.5 Å². The average Bonchev–Trinajstić information content (AvgIpc) is 3.34. The second kappa shape index (κ2) is 17.8. The monoisotopic (exact) mass is 532 g/mol. The van der Waals surface area contributed by atoms with Gasteiger partial charge >= 0.3 is 0 Å². The SMILES string of the molecule is CCCCCCCCCCCCCCCCCCNC(=O)c1cc(-c2cnn(CC)c2C)nc2ccccc12. The minimum atomic E-state index is -0.0173. The molecule has 0 radical (unpaired) electrons. The van der Waals surface area contributed by atoms with Gasteiger partial charge in [-0.25, -0.2) is 4.98 Å². The summed E-state index contributed by atoms with van der Waals surface area (Å²) in [5.74, 6) is -0.0173. The maximum absolute atomic E-state index is 13.2. The number of aryl methyl sites for hydroxylation is 1. The minimum absolute atomic E-state index is 0.0173. The molecular weight excluding hydrogens is 480 g/mol. The Morgan fingerprint density at radius 2 is 1.36 bits per heavy atom. The molecule has 3 rings (SSSR count). The molecule has 5 heteroatoms. The summed E-state index contributed by atoms with van der Waals surface area (Å²) in [4.78, 5) is 18.0. The number of carbonyl (C=O) groups is 1.